The molecule has 0 aliphatic carbocycles. The molecule has 9 heteroatoms. The smallest absolute Gasteiger partial charge is 0.417 e. The van der Waals surface area contributed by atoms with E-state index in [1.54, 1.807) is 0 Å². The van der Waals surface area contributed by atoms with Gasteiger partial charge in [0, 0.05) is 4.47 Å². The van der Waals surface area contributed by atoms with Crippen LogP contribution in [0.15, 0.2) is 28.9 Å². The molecule has 0 atom stereocenters. The minimum Gasteiger partial charge on any atom is -0.476 e. The highest BCUT2D eigenvalue weighted by Crippen LogP contribution is 2.35. The Bertz CT molecular complexity index is 639. The predicted octanol–water partition coefficient (Wildman–Crippen LogP) is 2.75. The Labute approximate surface area is 112 Å². The van der Waals surface area contributed by atoms with E-state index in [9.17, 15) is 18.0 Å². The average Bonchev–Trinajstić information content (AvgIpc) is 2.77. The van der Waals surface area contributed by atoms with Crippen molar-refractivity contribution in [1.29, 1.82) is 0 Å². The maximum atomic E-state index is 12.7. The number of carbonyl (C=O) groups is 1. The van der Waals surface area contributed by atoms with Crippen LogP contribution in [0.2, 0.25) is 0 Å². The van der Waals surface area contributed by atoms with Crippen LogP contribution in [0.4, 0.5) is 13.2 Å². The molecule has 100 valence electrons. The number of hydrogen-bond acceptors (Lipinski definition) is 3. The highest BCUT2D eigenvalue weighted by molar-refractivity contribution is 9.10. The van der Waals surface area contributed by atoms with Crippen molar-refractivity contribution >= 4 is 21.9 Å². The summed E-state index contributed by atoms with van der Waals surface area (Å²) in [7, 11) is 0. The molecule has 0 radical (unpaired) electrons. The molecule has 0 saturated heterocycles. The summed E-state index contributed by atoms with van der Waals surface area (Å²) in [6.07, 6.45) is -3.49. The molecule has 0 unspecified atom stereocenters. The van der Waals surface area contributed by atoms with Gasteiger partial charge in [-0.25, -0.2) is 9.48 Å². The normalized spacial score (nSPS) is 11.6. The zero-order valence-corrected chi connectivity index (χ0v) is 10.6. The first kappa shape index (κ1) is 13.5. The van der Waals surface area contributed by atoms with Crippen molar-refractivity contribution in [2.24, 2.45) is 0 Å². The number of nitrogens with zero attached hydrogens (tertiary/aromatic N) is 3. The predicted molar refractivity (Wildman–Crippen MR) is 61.0 cm³/mol. The van der Waals surface area contributed by atoms with E-state index in [4.69, 9.17) is 5.11 Å². The summed E-state index contributed by atoms with van der Waals surface area (Å²) in [5, 5.41) is 15.5. The standard InChI is InChI=1S/C10H5BrF3N3O2/c11-7-2-1-5(3-6(7)10(12,13)14)17-4-8(9(18)19)15-16-17/h1-4H,(H,18,19). The first-order valence-electron chi connectivity index (χ1n) is 4.82. The van der Waals surface area contributed by atoms with E-state index in [0.717, 1.165) is 16.9 Å². The Morgan fingerprint density at radius 3 is 2.58 bits per heavy atom. The largest absolute Gasteiger partial charge is 0.476 e. The summed E-state index contributed by atoms with van der Waals surface area (Å²) in [6, 6.07) is 3.42. The van der Waals surface area contributed by atoms with Crippen molar-refractivity contribution in [2.75, 3.05) is 0 Å². The van der Waals surface area contributed by atoms with Gasteiger partial charge in [0.05, 0.1) is 17.4 Å². The van der Waals surface area contributed by atoms with Gasteiger partial charge in [0.15, 0.2) is 5.69 Å². The monoisotopic (exact) mass is 335 g/mol. The van der Waals surface area contributed by atoms with Crippen LogP contribution < -0.4 is 0 Å². The maximum Gasteiger partial charge on any atom is 0.417 e. The molecule has 1 aromatic heterocycles. The number of carboxylic acid groups (broad SMARTS) is 1. The zero-order valence-electron chi connectivity index (χ0n) is 9.02. The summed E-state index contributed by atoms with van der Waals surface area (Å²) in [5.74, 6) is -1.31. The van der Waals surface area contributed by atoms with Crippen LogP contribution in [0, 0.1) is 0 Å². The molecule has 1 heterocycles. The van der Waals surface area contributed by atoms with Gasteiger partial charge in [0.1, 0.15) is 0 Å². The molecule has 0 bridgehead atoms. The Morgan fingerprint density at radius 2 is 2.05 bits per heavy atom. The number of halogens is 4. The fourth-order valence-corrected chi connectivity index (χ4v) is 1.83. The topological polar surface area (TPSA) is 68.0 Å². The van der Waals surface area contributed by atoms with Crippen molar-refractivity contribution in [3.05, 3.63) is 40.1 Å². The van der Waals surface area contributed by atoms with Gasteiger partial charge in [-0.2, -0.15) is 13.2 Å². The molecule has 0 saturated carbocycles. The third-order valence-electron chi connectivity index (χ3n) is 2.23. The average molecular weight is 336 g/mol. The summed E-state index contributed by atoms with van der Waals surface area (Å²) in [6.45, 7) is 0. The summed E-state index contributed by atoms with van der Waals surface area (Å²) >= 11 is 2.81. The van der Waals surface area contributed by atoms with Gasteiger partial charge in [0.2, 0.25) is 0 Å². The molecular formula is C10H5BrF3N3O2. The van der Waals surface area contributed by atoms with Crippen molar-refractivity contribution in [3.63, 3.8) is 0 Å². The van der Waals surface area contributed by atoms with E-state index in [2.05, 4.69) is 26.2 Å². The quantitative estimate of drug-likeness (QED) is 0.916. The molecule has 0 aliphatic rings. The lowest BCUT2D eigenvalue weighted by Crippen LogP contribution is -2.07. The number of carboxylic acids is 1. The van der Waals surface area contributed by atoms with E-state index in [-0.39, 0.29) is 15.9 Å². The van der Waals surface area contributed by atoms with Crippen LogP contribution >= 0.6 is 15.9 Å². The number of hydrogen-bond donors (Lipinski definition) is 1. The Morgan fingerprint density at radius 1 is 1.37 bits per heavy atom. The maximum absolute atomic E-state index is 12.7. The van der Waals surface area contributed by atoms with Gasteiger partial charge < -0.3 is 5.11 Å². The molecule has 19 heavy (non-hydrogen) atoms. The summed E-state index contributed by atoms with van der Waals surface area (Å²) < 4.78 is 39.0. The van der Waals surface area contributed by atoms with Gasteiger partial charge in [-0.15, -0.1) is 5.10 Å². The Hall–Kier alpha value is -1.90. The van der Waals surface area contributed by atoms with Crippen molar-refractivity contribution in [1.82, 2.24) is 15.0 Å². The molecule has 0 amide bonds. The van der Waals surface area contributed by atoms with Crippen molar-refractivity contribution in [3.8, 4) is 5.69 Å². The van der Waals surface area contributed by atoms with Crippen molar-refractivity contribution in [2.45, 2.75) is 6.18 Å². The number of benzene rings is 1. The van der Waals surface area contributed by atoms with Gasteiger partial charge in [-0.3, -0.25) is 0 Å². The Kier molecular flexibility index (Phi) is 3.31. The highest BCUT2D eigenvalue weighted by Gasteiger charge is 2.33. The van der Waals surface area contributed by atoms with E-state index in [0.29, 0.717) is 0 Å². The number of aromatic carboxylic acids is 1. The molecule has 0 spiro atoms. The van der Waals surface area contributed by atoms with E-state index in [1.165, 1.54) is 12.1 Å². The third kappa shape index (κ3) is 2.75. The molecule has 0 fully saturated rings. The van der Waals surface area contributed by atoms with Crippen LogP contribution in [-0.2, 0) is 6.18 Å². The zero-order chi connectivity index (χ0) is 14.2. The fourth-order valence-electron chi connectivity index (χ4n) is 1.36. The van der Waals surface area contributed by atoms with Crippen LogP contribution in [0.5, 0.6) is 0 Å². The Balaban J connectivity index is 2.48. The lowest BCUT2D eigenvalue weighted by Gasteiger charge is -2.10. The summed E-state index contributed by atoms with van der Waals surface area (Å²) in [5.41, 5.74) is -1.16. The van der Waals surface area contributed by atoms with Gasteiger partial charge in [0.25, 0.3) is 0 Å². The van der Waals surface area contributed by atoms with Crippen LogP contribution in [0.25, 0.3) is 5.69 Å². The fraction of sp³-hybridized carbons (Fsp3) is 0.100. The van der Waals surface area contributed by atoms with Crippen molar-refractivity contribution < 1.29 is 23.1 Å². The minimum atomic E-state index is -4.52. The molecule has 0 aliphatic heterocycles. The van der Waals surface area contributed by atoms with Gasteiger partial charge >= 0.3 is 12.1 Å². The van der Waals surface area contributed by atoms with Crippen LogP contribution in [-0.4, -0.2) is 26.1 Å². The van der Waals surface area contributed by atoms with Gasteiger partial charge in [-0.05, 0) is 18.2 Å². The number of aromatic nitrogens is 3. The molecule has 5 nitrogen and oxygen atoms in total. The molecule has 1 aromatic carbocycles. The second-order valence-corrected chi connectivity index (χ2v) is 4.37. The SMILES string of the molecule is O=C(O)c1cn(-c2ccc(Br)c(C(F)(F)F)c2)nn1. The van der Waals surface area contributed by atoms with Crippen LogP contribution in [0.1, 0.15) is 16.1 Å². The van der Waals surface area contributed by atoms with E-state index < -0.39 is 17.7 Å². The molecule has 1 N–H and O–H groups in total. The highest BCUT2D eigenvalue weighted by atomic mass is 79.9. The number of alkyl halides is 3. The number of rotatable bonds is 2. The summed E-state index contributed by atoms with van der Waals surface area (Å²) in [4.78, 5) is 10.6. The van der Waals surface area contributed by atoms with E-state index >= 15 is 0 Å². The lowest BCUT2D eigenvalue weighted by molar-refractivity contribution is -0.138. The minimum absolute atomic E-state index is 0.0653. The lowest BCUT2D eigenvalue weighted by atomic mass is 10.2. The molecule has 2 rings (SSSR count). The van der Waals surface area contributed by atoms with Crippen LogP contribution in [0.3, 0.4) is 0 Å². The first-order chi connectivity index (χ1) is 8.79. The third-order valence-corrected chi connectivity index (χ3v) is 2.92. The first-order valence-corrected chi connectivity index (χ1v) is 5.61. The van der Waals surface area contributed by atoms with E-state index in [1.807, 2.05) is 0 Å². The second kappa shape index (κ2) is 4.65. The van der Waals surface area contributed by atoms with Gasteiger partial charge in [-0.1, -0.05) is 21.1 Å². The molecule has 2 aromatic rings. The molecular weight excluding hydrogens is 331 g/mol. The second-order valence-electron chi connectivity index (χ2n) is 3.52.